The lowest BCUT2D eigenvalue weighted by atomic mass is 9.85. The largest absolute Gasteiger partial charge is 0.381 e. The van der Waals surface area contributed by atoms with Crippen LogP contribution in [0.25, 0.3) is 0 Å². The quantitative estimate of drug-likeness (QED) is 0.680. The van der Waals surface area contributed by atoms with Gasteiger partial charge in [0.25, 0.3) is 0 Å². The highest BCUT2D eigenvalue weighted by Gasteiger charge is 2.40. The molecule has 2 unspecified atom stereocenters. The van der Waals surface area contributed by atoms with Crippen molar-refractivity contribution < 1.29 is 0 Å². The molecular weight excluding hydrogens is 186 g/mol. The molecule has 3 heteroatoms. The Labute approximate surface area is 90.3 Å². The molecule has 3 rings (SSSR count). The van der Waals surface area contributed by atoms with Gasteiger partial charge in [-0.3, -0.25) is 4.98 Å². The Kier molecular flexibility index (Phi) is 1.87. The van der Waals surface area contributed by atoms with E-state index in [9.17, 15) is 0 Å². The first-order valence-electron chi connectivity index (χ1n) is 5.72. The van der Waals surface area contributed by atoms with Gasteiger partial charge in [0.15, 0.2) is 0 Å². The Balaban J connectivity index is 1.97. The summed E-state index contributed by atoms with van der Waals surface area (Å²) in [6.07, 6.45) is 7.72. The molecule has 0 bridgehead atoms. The topological polar surface area (TPSA) is 37.0 Å². The summed E-state index contributed by atoms with van der Waals surface area (Å²) in [7, 11) is 0. The fourth-order valence-electron chi connectivity index (χ4n) is 2.84. The number of nitrogens with one attached hydrogen (secondary N) is 2. The molecule has 15 heavy (non-hydrogen) atoms. The lowest BCUT2D eigenvalue weighted by Crippen LogP contribution is -2.36. The van der Waals surface area contributed by atoms with Crippen LogP contribution in [0.1, 0.15) is 26.2 Å². The maximum atomic E-state index is 4.15. The number of hydrogen-bond acceptors (Lipinski definition) is 3. The third-order valence-electron chi connectivity index (χ3n) is 3.92. The molecule has 2 atom stereocenters. The van der Waals surface area contributed by atoms with Crippen LogP contribution in [0.15, 0.2) is 18.5 Å². The van der Waals surface area contributed by atoms with Gasteiger partial charge in [-0.05, 0) is 18.9 Å². The van der Waals surface area contributed by atoms with Crippen molar-refractivity contribution in [2.24, 2.45) is 5.41 Å². The molecular formula is C12H17N3. The Bertz CT molecular complexity index is 377. The molecule has 2 heterocycles. The maximum Gasteiger partial charge on any atom is 0.0762 e. The molecule has 2 N–H and O–H groups in total. The van der Waals surface area contributed by atoms with Gasteiger partial charge in [0.2, 0.25) is 0 Å². The number of rotatable bonds is 0. The molecule has 0 saturated heterocycles. The van der Waals surface area contributed by atoms with E-state index in [1.807, 2.05) is 12.4 Å². The van der Waals surface area contributed by atoms with Gasteiger partial charge in [0, 0.05) is 24.2 Å². The summed E-state index contributed by atoms with van der Waals surface area (Å²) in [4.78, 5) is 4.15. The highest BCUT2D eigenvalue weighted by molar-refractivity contribution is 5.69. The SMILES string of the molecule is CC12CCCC1Nc1ccncc1NC2. The van der Waals surface area contributed by atoms with Crippen molar-refractivity contribution >= 4 is 11.4 Å². The van der Waals surface area contributed by atoms with Gasteiger partial charge in [-0.25, -0.2) is 0 Å². The zero-order valence-electron chi connectivity index (χ0n) is 9.09. The van der Waals surface area contributed by atoms with E-state index in [0.29, 0.717) is 11.5 Å². The molecule has 0 amide bonds. The predicted molar refractivity (Wildman–Crippen MR) is 62.1 cm³/mol. The van der Waals surface area contributed by atoms with E-state index in [2.05, 4.69) is 28.6 Å². The molecule has 1 fully saturated rings. The van der Waals surface area contributed by atoms with Crippen LogP contribution in [0, 0.1) is 5.41 Å². The molecule has 3 nitrogen and oxygen atoms in total. The summed E-state index contributed by atoms with van der Waals surface area (Å²) >= 11 is 0. The minimum Gasteiger partial charge on any atom is -0.381 e. The fraction of sp³-hybridized carbons (Fsp3) is 0.583. The number of aromatic nitrogens is 1. The average Bonchev–Trinajstić information content (AvgIpc) is 2.54. The van der Waals surface area contributed by atoms with E-state index in [1.165, 1.54) is 24.9 Å². The van der Waals surface area contributed by atoms with E-state index >= 15 is 0 Å². The number of hydrogen-bond donors (Lipinski definition) is 2. The van der Waals surface area contributed by atoms with Gasteiger partial charge < -0.3 is 10.6 Å². The molecule has 1 aromatic heterocycles. The summed E-state index contributed by atoms with van der Waals surface area (Å²) in [6, 6.07) is 2.68. The van der Waals surface area contributed by atoms with Crippen LogP contribution in [-0.4, -0.2) is 17.6 Å². The standard InChI is InChI=1S/C12H17N3/c1-12-5-2-3-11(12)15-9-4-6-13-7-10(9)14-8-12/h4,6-7,11,14-15H,2-3,5,8H2,1H3. The number of pyridine rings is 1. The van der Waals surface area contributed by atoms with Crippen LogP contribution in [0.2, 0.25) is 0 Å². The van der Waals surface area contributed by atoms with Gasteiger partial charge in [0.05, 0.1) is 17.6 Å². The zero-order valence-corrected chi connectivity index (χ0v) is 9.09. The number of nitrogens with zero attached hydrogens (tertiary/aromatic N) is 1. The summed E-state index contributed by atoms with van der Waals surface area (Å²) in [5, 5.41) is 7.17. The molecule has 1 aromatic rings. The van der Waals surface area contributed by atoms with E-state index in [0.717, 1.165) is 12.2 Å². The van der Waals surface area contributed by atoms with Crippen molar-refractivity contribution in [2.45, 2.75) is 32.2 Å². The van der Waals surface area contributed by atoms with Crippen LogP contribution >= 0.6 is 0 Å². The van der Waals surface area contributed by atoms with Crippen LogP contribution in [-0.2, 0) is 0 Å². The third kappa shape index (κ3) is 1.37. The third-order valence-corrected chi connectivity index (χ3v) is 3.92. The summed E-state index contributed by atoms with van der Waals surface area (Å²) in [5.74, 6) is 0. The Hall–Kier alpha value is -1.25. The van der Waals surface area contributed by atoms with Crippen molar-refractivity contribution in [3.05, 3.63) is 18.5 Å². The van der Waals surface area contributed by atoms with E-state index in [1.54, 1.807) is 0 Å². The van der Waals surface area contributed by atoms with Crippen LogP contribution in [0.3, 0.4) is 0 Å². The Morgan fingerprint density at radius 2 is 2.40 bits per heavy atom. The molecule has 0 spiro atoms. The van der Waals surface area contributed by atoms with Gasteiger partial charge in [-0.15, -0.1) is 0 Å². The molecule has 1 saturated carbocycles. The first-order chi connectivity index (χ1) is 7.28. The summed E-state index contributed by atoms with van der Waals surface area (Å²) in [6.45, 7) is 3.44. The van der Waals surface area contributed by atoms with Gasteiger partial charge in [-0.1, -0.05) is 13.3 Å². The normalized spacial score (nSPS) is 33.3. The first kappa shape index (κ1) is 9.01. The smallest absolute Gasteiger partial charge is 0.0762 e. The molecule has 2 aliphatic rings. The van der Waals surface area contributed by atoms with Crippen molar-refractivity contribution in [1.29, 1.82) is 0 Å². The van der Waals surface area contributed by atoms with Crippen LogP contribution in [0.4, 0.5) is 11.4 Å². The average molecular weight is 203 g/mol. The van der Waals surface area contributed by atoms with Crippen LogP contribution < -0.4 is 10.6 Å². The lowest BCUT2D eigenvalue weighted by Gasteiger charge is -2.29. The van der Waals surface area contributed by atoms with Gasteiger partial charge in [-0.2, -0.15) is 0 Å². The highest BCUT2D eigenvalue weighted by Crippen LogP contribution is 2.42. The van der Waals surface area contributed by atoms with Crippen molar-refractivity contribution in [3.8, 4) is 0 Å². The Morgan fingerprint density at radius 1 is 1.47 bits per heavy atom. The van der Waals surface area contributed by atoms with E-state index < -0.39 is 0 Å². The Morgan fingerprint density at radius 3 is 3.33 bits per heavy atom. The fourth-order valence-corrected chi connectivity index (χ4v) is 2.84. The number of anilines is 2. The monoisotopic (exact) mass is 203 g/mol. The first-order valence-corrected chi connectivity index (χ1v) is 5.72. The minimum absolute atomic E-state index is 0.402. The number of fused-ring (bicyclic) bond motifs is 2. The van der Waals surface area contributed by atoms with Crippen molar-refractivity contribution in [1.82, 2.24) is 4.98 Å². The van der Waals surface area contributed by atoms with Crippen LogP contribution in [0.5, 0.6) is 0 Å². The summed E-state index contributed by atoms with van der Waals surface area (Å²) in [5.41, 5.74) is 2.76. The van der Waals surface area contributed by atoms with Gasteiger partial charge in [0.1, 0.15) is 0 Å². The summed E-state index contributed by atoms with van der Waals surface area (Å²) < 4.78 is 0. The van der Waals surface area contributed by atoms with Gasteiger partial charge >= 0.3 is 0 Å². The molecule has 1 aliphatic carbocycles. The van der Waals surface area contributed by atoms with Crippen molar-refractivity contribution in [3.63, 3.8) is 0 Å². The van der Waals surface area contributed by atoms with E-state index in [4.69, 9.17) is 0 Å². The predicted octanol–water partition coefficient (Wildman–Crippen LogP) is 2.48. The lowest BCUT2D eigenvalue weighted by molar-refractivity contribution is 0.335. The zero-order chi connectivity index (χ0) is 10.3. The second kappa shape index (κ2) is 3.12. The maximum absolute atomic E-state index is 4.15. The highest BCUT2D eigenvalue weighted by atomic mass is 15.1. The molecule has 0 radical (unpaired) electrons. The molecule has 0 aromatic carbocycles. The molecule has 80 valence electrons. The van der Waals surface area contributed by atoms with E-state index in [-0.39, 0.29) is 0 Å². The van der Waals surface area contributed by atoms with Crippen molar-refractivity contribution in [2.75, 3.05) is 17.2 Å². The second-order valence-corrected chi connectivity index (χ2v) is 5.02. The second-order valence-electron chi connectivity index (χ2n) is 5.02. The minimum atomic E-state index is 0.402. The molecule has 1 aliphatic heterocycles.